The molecule has 0 atom stereocenters. The number of methoxy groups -OCH3 is 1. The minimum Gasteiger partial charge on any atom is -0.497 e. The van der Waals surface area contributed by atoms with E-state index >= 15 is 0 Å². The topological polar surface area (TPSA) is 87.1 Å². The quantitative estimate of drug-likeness (QED) is 0.367. The SMILES string of the molecule is COc1ccc(C(=O)NCCN=[N+]=[N-])c(F)c1. The number of rotatable bonds is 5. The molecule has 0 aromatic heterocycles. The zero-order valence-corrected chi connectivity index (χ0v) is 9.18. The molecule has 1 aromatic carbocycles. The van der Waals surface area contributed by atoms with E-state index in [1.807, 2.05) is 0 Å². The van der Waals surface area contributed by atoms with Gasteiger partial charge in [0.25, 0.3) is 5.91 Å². The van der Waals surface area contributed by atoms with Gasteiger partial charge in [0.2, 0.25) is 0 Å². The van der Waals surface area contributed by atoms with Crippen LogP contribution in [0.15, 0.2) is 23.3 Å². The third-order valence-electron chi connectivity index (χ3n) is 1.98. The Bertz CT molecular complexity index is 458. The summed E-state index contributed by atoms with van der Waals surface area (Å²) in [5.74, 6) is -0.878. The molecule has 0 heterocycles. The van der Waals surface area contributed by atoms with Crippen molar-refractivity contribution in [1.82, 2.24) is 5.32 Å². The number of carbonyl (C=O) groups is 1. The summed E-state index contributed by atoms with van der Waals surface area (Å²) in [5.41, 5.74) is 7.94. The fourth-order valence-corrected chi connectivity index (χ4v) is 1.17. The van der Waals surface area contributed by atoms with Gasteiger partial charge >= 0.3 is 0 Å². The van der Waals surface area contributed by atoms with Gasteiger partial charge in [0.05, 0.1) is 12.7 Å². The molecule has 7 heteroatoms. The van der Waals surface area contributed by atoms with E-state index < -0.39 is 11.7 Å². The van der Waals surface area contributed by atoms with Gasteiger partial charge in [-0.25, -0.2) is 4.39 Å². The van der Waals surface area contributed by atoms with Crippen LogP contribution in [0.4, 0.5) is 4.39 Å². The summed E-state index contributed by atoms with van der Waals surface area (Å²) in [7, 11) is 1.41. The van der Waals surface area contributed by atoms with Crippen LogP contribution in [0, 0.1) is 5.82 Å². The fourth-order valence-electron chi connectivity index (χ4n) is 1.17. The monoisotopic (exact) mass is 238 g/mol. The Morgan fingerprint density at radius 1 is 1.65 bits per heavy atom. The van der Waals surface area contributed by atoms with Gasteiger partial charge in [0, 0.05) is 24.1 Å². The molecule has 90 valence electrons. The van der Waals surface area contributed by atoms with Gasteiger partial charge in [-0.15, -0.1) is 0 Å². The number of ether oxygens (including phenoxy) is 1. The van der Waals surface area contributed by atoms with Crippen LogP contribution in [0.1, 0.15) is 10.4 Å². The molecular formula is C10H11FN4O2. The molecule has 0 radical (unpaired) electrons. The maximum Gasteiger partial charge on any atom is 0.254 e. The molecule has 0 fully saturated rings. The molecule has 1 amide bonds. The summed E-state index contributed by atoms with van der Waals surface area (Å²) < 4.78 is 18.3. The maximum absolute atomic E-state index is 13.4. The number of carbonyl (C=O) groups excluding carboxylic acids is 1. The highest BCUT2D eigenvalue weighted by atomic mass is 19.1. The van der Waals surface area contributed by atoms with Gasteiger partial charge in [-0.05, 0) is 17.7 Å². The third-order valence-corrected chi connectivity index (χ3v) is 1.98. The van der Waals surface area contributed by atoms with E-state index in [-0.39, 0.29) is 18.7 Å². The lowest BCUT2D eigenvalue weighted by atomic mass is 10.2. The van der Waals surface area contributed by atoms with Crippen LogP contribution >= 0.6 is 0 Å². The molecule has 6 nitrogen and oxygen atoms in total. The van der Waals surface area contributed by atoms with Gasteiger partial charge in [-0.2, -0.15) is 0 Å². The second-order valence-corrected chi connectivity index (χ2v) is 3.06. The van der Waals surface area contributed by atoms with Gasteiger partial charge < -0.3 is 10.1 Å². The standard InChI is InChI=1S/C10H11FN4O2/c1-17-7-2-3-8(9(11)6-7)10(16)13-4-5-14-15-12/h2-3,6H,4-5H2,1H3,(H,13,16). The van der Waals surface area contributed by atoms with Crippen LogP contribution in [0.3, 0.4) is 0 Å². The van der Waals surface area contributed by atoms with E-state index in [0.29, 0.717) is 5.75 Å². The molecule has 1 N–H and O–H groups in total. The van der Waals surface area contributed by atoms with Crippen LogP contribution < -0.4 is 10.1 Å². The summed E-state index contributed by atoms with van der Waals surface area (Å²) >= 11 is 0. The minimum absolute atomic E-state index is 0.0771. The first-order valence-electron chi connectivity index (χ1n) is 4.81. The van der Waals surface area contributed by atoms with Crippen LogP contribution in [-0.4, -0.2) is 26.1 Å². The number of nitrogens with zero attached hydrogens (tertiary/aromatic N) is 3. The molecule has 17 heavy (non-hydrogen) atoms. The van der Waals surface area contributed by atoms with Crippen molar-refractivity contribution >= 4 is 5.91 Å². The summed E-state index contributed by atoms with van der Waals surface area (Å²) in [6.45, 7) is 0.286. The van der Waals surface area contributed by atoms with Crippen LogP contribution in [0.5, 0.6) is 5.75 Å². The molecule has 1 rings (SSSR count). The molecular weight excluding hydrogens is 227 g/mol. The Hall–Kier alpha value is -2.27. The van der Waals surface area contributed by atoms with Crippen LogP contribution in [-0.2, 0) is 0 Å². The molecule has 0 saturated heterocycles. The molecule has 0 bridgehead atoms. The second kappa shape index (κ2) is 6.34. The molecule has 0 saturated carbocycles. The number of halogens is 1. The highest BCUT2D eigenvalue weighted by molar-refractivity contribution is 5.94. The Morgan fingerprint density at radius 2 is 2.41 bits per heavy atom. The van der Waals surface area contributed by atoms with E-state index in [2.05, 4.69) is 15.3 Å². The maximum atomic E-state index is 13.4. The lowest BCUT2D eigenvalue weighted by Gasteiger charge is -2.06. The molecule has 1 aromatic rings. The lowest BCUT2D eigenvalue weighted by Crippen LogP contribution is -2.26. The molecule has 0 aliphatic rings. The number of azide groups is 1. The van der Waals surface area contributed by atoms with Crippen molar-refractivity contribution in [3.63, 3.8) is 0 Å². The number of benzene rings is 1. The summed E-state index contributed by atoms with van der Waals surface area (Å²) in [4.78, 5) is 14.0. The van der Waals surface area contributed by atoms with Crippen molar-refractivity contribution < 1.29 is 13.9 Å². The van der Waals surface area contributed by atoms with Crippen molar-refractivity contribution in [3.05, 3.63) is 40.0 Å². The summed E-state index contributed by atoms with van der Waals surface area (Å²) in [6, 6.07) is 3.95. The third kappa shape index (κ3) is 3.66. The van der Waals surface area contributed by atoms with Gasteiger partial charge in [-0.3, -0.25) is 4.79 Å². The average Bonchev–Trinajstić information content (AvgIpc) is 2.34. The average molecular weight is 238 g/mol. The van der Waals surface area contributed by atoms with Gasteiger partial charge in [0.15, 0.2) is 0 Å². The lowest BCUT2D eigenvalue weighted by molar-refractivity contribution is 0.0950. The zero-order chi connectivity index (χ0) is 12.7. The van der Waals surface area contributed by atoms with E-state index in [1.54, 1.807) is 0 Å². The Kier molecular flexibility index (Phi) is 4.77. The highest BCUT2D eigenvalue weighted by Gasteiger charge is 2.11. The van der Waals surface area contributed by atoms with Gasteiger partial charge in [-0.1, -0.05) is 5.11 Å². The Balaban J connectivity index is 2.65. The van der Waals surface area contributed by atoms with Crippen molar-refractivity contribution in [2.75, 3.05) is 20.2 Å². The zero-order valence-electron chi connectivity index (χ0n) is 9.18. The number of hydrogen-bond acceptors (Lipinski definition) is 3. The molecule has 0 spiro atoms. The van der Waals surface area contributed by atoms with Crippen molar-refractivity contribution in [3.8, 4) is 5.75 Å². The van der Waals surface area contributed by atoms with E-state index in [0.717, 1.165) is 6.07 Å². The van der Waals surface area contributed by atoms with E-state index in [4.69, 9.17) is 10.3 Å². The predicted molar refractivity (Wildman–Crippen MR) is 59.3 cm³/mol. The minimum atomic E-state index is -0.661. The van der Waals surface area contributed by atoms with Crippen molar-refractivity contribution in [1.29, 1.82) is 0 Å². The first-order chi connectivity index (χ1) is 8.19. The van der Waals surface area contributed by atoms with Crippen LogP contribution in [0.2, 0.25) is 0 Å². The molecule has 0 aliphatic heterocycles. The first-order valence-corrected chi connectivity index (χ1v) is 4.81. The predicted octanol–water partition coefficient (Wildman–Crippen LogP) is 1.87. The largest absolute Gasteiger partial charge is 0.497 e. The number of nitrogens with one attached hydrogen (secondary N) is 1. The summed E-state index contributed by atoms with van der Waals surface area (Å²) in [5, 5.41) is 5.67. The van der Waals surface area contributed by atoms with E-state index in [9.17, 15) is 9.18 Å². The second-order valence-electron chi connectivity index (χ2n) is 3.06. The number of hydrogen-bond donors (Lipinski definition) is 1. The van der Waals surface area contributed by atoms with Crippen molar-refractivity contribution in [2.24, 2.45) is 5.11 Å². The fraction of sp³-hybridized carbons (Fsp3) is 0.300. The van der Waals surface area contributed by atoms with Gasteiger partial charge in [0.1, 0.15) is 11.6 Å². The molecule has 0 aliphatic carbocycles. The normalized spacial score (nSPS) is 9.29. The Morgan fingerprint density at radius 3 is 3.00 bits per heavy atom. The van der Waals surface area contributed by atoms with E-state index in [1.165, 1.54) is 19.2 Å². The smallest absolute Gasteiger partial charge is 0.254 e. The Labute approximate surface area is 97.0 Å². The molecule has 0 unspecified atom stereocenters. The van der Waals surface area contributed by atoms with Crippen LogP contribution in [0.25, 0.3) is 10.4 Å². The highest BCUT2D eigenvalue weighted by Crippen LogP contribution is 2.15. The van der Waals surface area contributed by atoms with Crippen molar-refractivity contribution in [2.45, 2.75) is 0 Å². The first kappa shape index (κ1) is 12.8. The summed E-state index contributed by atoms with van der Waals surface area (Å²) in [6.07, 6.45) is 0. The number of amides is 1.